The predicted octanol–water partition coefficient (Wildman–Crippen LogP) is 4.80. The monoisotopic (exact) mass is 383 g/mol. The zero-order chi connectivity index (χ0) is 19.4. The molecule has 8 heteroatoms. The SMILES string of the molecule is O=c1ccc(/C=C/c2ccc(OC(F)F)c(OCC3CC3)c2)cn1C(F)F. The van der Waals surface area contributed by atoms with Crippen molar-refractivity contribution in [3.63, 3.8) is 0 Å². The van der Waals surface area contributed by atoms with Crippen molar-refractivity contribution in [2.45, 2.75) is 26.0 Å². The molecule has 4 nitrogen and oxygen atoms in total. The molecule has 1 heterocycles. The molecular weight excluding hydrogens is 366 g/mol. The van der Waals surface area contributed by atoms with Crippen LogP contribution in [-0.2, 0) is 0 Å². The molecule has 2 aromatic rings. The summed E-state index contributed by atoms with van der Waals surface area (Å²) in [5, 5.41) is 0. The predicted molar refractivity (Wildman–Crippen MR) is 92.2 cm³/mol. The normalized spacial score (nSPS) is 14.3. The molecule has 0 radical (unpaired) electrons. The first kappa shape index (κ1) is 19.0. The average Bonchev–Trinajstić information content (AvgIpc) is 3.44. The van der Waals surface area contributed by atoms with E-state index in [0.29, 0.717) is 28.2 Å². The molecule has 0 N–H and O–H groups in total. The molecule has 1 fully saturated rings. The minimum absolute atomic E-state index is 0.0611. The van der Waals surface area contributed by atoms with Crippen LogP contribution in [0.5, 0.6) is 11.5 Å². The molecule has 3 rings (SSSR count). The molecule has 1 saturated carbocycles. The fourth-order valence-corrected chi connectivity index (χ4v) is 2.39. The Labute approximate surface area is 152 Å². The number of benzene rings is 1. The topological polar surface area (TPSA) is 40.5 Å². The summed E-state index contributed by atoms with van der Waals surface area (Å²) in [6.45, 7) is -5.48. The Morgan fingerprint density at radius 2 is 1.74 bits per heavy atom. The van der Waals surface area contributed by atoms with Crippen LogP contribution in [0, 0.1) is 5.92 Å². The number of nitrogens with zero attached hydrogens (tertiary/aromatic N) is 1. The van der Waals surface area contributed by atoms with E-state index in [1.54, 1.807) is 18.2 Å². The Balaban J connectivity index is 1.81. The van der Waals surface area contributed by atoms with E-state index in [1.807, 2.05) is 0 Å². The van der Waals surface area contributed by atoms with E-state index in [9.17, 15) is 22.4 Å². The molecule has 0 aliphatic heterocycles. The first-order valence-corrected chi connectivity index (χ1v) is 8.32. The van der Waals surface area contributed by atoms with Crippen molar-refractivity contribution in [2.24, 2.45) is 5.92 Å². The van der Waals surface area contributed by atoms with Gasteiger partial charge in [-0.25, -0.2) is 0 Å². The fourth-order valence-electron chi connectivity index (χ4n) is 2.39. The first-order valence-electron chi connectivity index (χ1n) is 8.32. The molecule has 0 spiro atoms. The van der Waals surface area contributed by atoms with E-state index in [0.717, 1.165) is 25.1 Å². The molecule has 1 aliphatic carbocycles. The van der Waals surface area contributed by atoms with Gasteiger partial charge in [-0.3, -0.25) is 9.36 Å². The lowest BCUT2D eigenvalue weighted by molar-refractivity contribution is -0.0515. The highest BCUT2D eigenvalue weighted by atomic mass is 19.3. The summed E-state index contributed by atoms with van der Waals surface area (Å²) in [6.07, 6.45) is 6.27. The number of alkyl halides is 4. The minimum Gasteiger partial charge on any atom is -0.489 e. The van der Waals surface area contributed by atoms with E-state index < -0.39 is 18.7 Å². The first-order chi connectivity index (χ1) is 12.9. The quantitative estimate of drug-likeness (QED) is 0.615. The highest BCUT2D eigenvalue weighted by Crippen LogP contribution is 2.34. The zero-order valence-corrected chi connectivity index (χ0v) is 14.2. The molecule has 0 unspecified atom stereocenters. The van der Waals surface area contributed by atoms with Crippen molar-refractivity contribution in [1.82, 2.24) is 4.57 Å². The Hall–Kier alpha value is -2.77. The largest absolute Gasteiger partial charge is 0.489 e. The maximum absolute atomic E-state index is 12.8. The van der Waals surface area contributed by atoms with Crippen LogP contribution in [0.2, 0.25) is 0 Å². The fraction of sp³-hybridized carbons (Fsp3) is 0.316. The van der Waals surface area contributed by atoms with Crippen LogP contribution in [0.1, 0.15) is 30.5 Å². The molecule has 0 saturated heterocycles. The van der Waals surface area contributed by atoms with Gasteiger partial charge in [-0.05, 0) is 48.1 Å². The third-order valence-corrected chi connectivity index (χ3v) is 3.99. The van der Waals surface area contributed by atoms with Gasteiger partial charge in [0.1, 0.15) is 0 Å². The lowest BCUT2D eigenvalue weighted by Crippen LogP contribution is -2.18. The number of hydrogen-bond donors (Lipinski definition) is 0. The molecule has 0 amide bonds. The second-order valence-electron chi connectivity index (χ2n) is 6.16. The molecule has 1 aromatic carbocycles. The van der Waals surface area contributed by atoms with Crippen LogP contribution in [0.4, 0.5) is 17.6 Å². The molecule has 1 aliphatic rings. The average molecular weight is 383 g/mol. The zero-order valence-electron chi connectivity index (χ0n) is 14.2. The summed E-state index contributed by atoms with van der Waals surface area (Å²) in [6, 6.07) is 6.92. The van der Waals surface area contributed by atoms with Crippen LogP contribution in [0.15, 0.2) is 41.3 Å². The van der Waals surface area contributed by atoms with Gasteiger partial charge in [-0.1, -0.05) is 18.2 Å². The van der Waals surface area contributed by atoms with Crippen molar-refractivity contribution in [3.8, 4) is 11.5 Å². The highest BCUT2D eigenvalue weighted by molar-refractivity contribution is 5.70. The molecule has 0 bridgehead atoms. The summed E-state index contributed by atoms with van der Waals surface area (Å²) in [5.74, 6) is 0.565. The Morgan fingerprint density at radius 3 is 2.41 bits per heavy atom. The molecule has 1 aromatic heterocycles. The molecule has 144 valence electrons. The summed E-state index contributed by atoms with van der Waals surface area (Å²) in [4.78, 5) is 11.4. The second-order valence-corrected chi connectivity index (χ2v) is 6.16. The van der Waals surface area contributed by atoms with E-state index in [4.69, 9.17) is 4.74 Å². The number of halogens is 4. The number of pyridine rings is 1. The third kappa shape index (κ3) is 5.35. The number of hydrogen-bond acceptors (Lipinski definition) is 3. The number of aromatic nitrogens is 1. The number of rotatable bonds is 8. The van der Waals surface area contributed by atoms with Crippen LogP contribution < -0.4 is 15.0 Å². The van der Waals surface area contributed by atoms with Gasteiger partial charge in [0.25, 0.3) is 5.56 Å². The van der Waals surface area contributed by atoms with Gasteiger partial charge in [0.2, 0.25) is 0 Å². The molecule has 0 atom stereocenters. The van der Waals surface area contributed by atoms with Crippen LogP contribution in [0.25, 0.3) is 12.2 Å². The Kier molecular flexibility index (Phi) is 5.83. The van der Waals surface area contributed by atoms with Gasteiger partial charge < -0.3 is 9.47 Å². The second kappa shape index (κ2) is 8.28. The van der Waals surface area contributed by atoms with E-state index in [1.165, 1.54) is 18.2 Å². The van der Waals surface area contributed by atoms with E-state index >= 15 is 0 Å². The molecular formula is C19H17F4NO3. The van der Waals surface area contributed by atoms with Crippen LogP contribution >= 0.6 is 0 Å². The van der Waals surface area contributed by atoms with E-state index in [-0.39, 0.29) is 11.5 Å². The maximum atomic E-state index is 12.8. The van der Waals surface area contributed by atoms with Crippen LogP contribution in [-0.4, -0.2) is 17.8 Å². The molecule has 27 heavy (non-hydrogen) atoms. The minimum atomic E-state index is -2.97. The Bertz CT molecular complexity index is 875. The van der Waals surface area contributed by atoms with Crippen LogP contribution in [0.3, 0.4) is 0 Å². The van der Waals surface area contributed by atoms with Crippen molar-refractivity contribution in [1.29, 1.82) is 0 Å². The smallest absolute Gasteiger partial charge is 0.387 e. The lowest BCUT2D eigenvalue weighted by Gasteiger charge is -2.12. The Morgan fingerprint density at radius 1 is 1.04 bits per heavy atom. The van der Waals surface area contributed by atoms with Crippen molar-refractivity contribution >= 4 is 12.2 Å². The lowest BCUT2D eigenvalue weighted by atomic mass is 10.1. The summed E-state index contributed by atoms with van der Waals surface area (Å²) in [7, 11) is 0. The summed E-state index contributed by atoms with van der Waals surface area (Å²) < 4.78 is 61.0. The highest BCUT2D eigenvalue weighted by Gasteiger charge is 2.23. The van der Waals surface area contributed by atoms with Gasteiger partial charge in [0.05, 0.1) is 6.61 Å². The van der Waals surface area contributed by atoms with E-state index in [2.05, 4.69) is 4.74 Å². The van der Waals surface area contributed by atoms with Crippen molar-refractivity contribution in [3.05, 3.63) is 58.0 Å². The van der Waals surface area contributed by atoms with Crippen molar-refractivity contribution in [2.75, 3.05) is 6.61 Å². The maximum Gasteiger partial charge on any atom is 0.387 e. The van der Waals surface area contributed by atoms with Gasteiger partial charge in [0, 0.05) is 12.3 Å². The van der Waals surface area contributed by atoms with Gasteiger partial charge in [-0.2, -0.15) is 17.6 Å². The summed E-state index contributed by atoms with van der Waals surface area (Å²) >= 11 is 0. The number of ether oxygens (including phenoxy) is 2. The van der Waals surface area contributed by atoms with Gasteiger partial charge in [0.15, 0.2) is 11.5 Å². The third-order valence-electron chi connectivity index (χ3n) is 3.99. The van der Waals surface area contributed by atoms with Crippen molar-refractivity contribution < 1.29 is 27.0 Å². The summed E-state index contributed by atoms with van der Waals surface area (Å²) in [5.41, 5.74) is 0.201. The van der Waals surface area contributed by atoms with Gasteiger partial charge >= 0.3 is 13.2 Å². The van der Waals surface area contributed by atoms with Gasteiger partial charge in [-0.15, -0.1) is 0 Å². The standard InChI is InChI=1S/C19H17F4NO3/c20-18(21)24-10-13(6-8-17(24)25)2-1-12-5-7-15(27-19(22)23)16(9-12)26-11-14-3-4-14/h1-2,5-10,14,18-19H,3-4,11H2/b2-1+.